The lowest BCUT2D eigenvalue weighted by atomic mass is 10.2. The van der Waals surface area contributed by atoms with Crippen LogP contribution in [0, 0.1) is 0 Å². The van der Waals surface area contributed by atoms with Gasteiger partial charge in [0.05, 0.1) is 0 Å². The molecule has 0 aliphatic carbocycles. The third-order valence-corrected chi connectivity index (χ3v) is 3.52. The highest BCUT2D eigenvalue weighted by Gasteiger charge is 2.38. The van der Waals surface area contributed by atoms with E-state index in [0.29, 0.717) is 19.4 Å². The summed E-state index contributed by atoms with van der Waals surface area (Å²) in [5.41, 5.74) is 1.05. The topological polar surface area (TPSA) is 72.8 Å². The number of aliphatic carboxylic acids is 1. The molecule has 1 aliphatic rings. The number of aliphatic hydroxyl groups excluding tert-OH is 1. The number of hydrogen-bond acceptors (Lipinski definition) is 3. The molecule has 6 heteroatoms. The van der Waals surface area contributed by atoms with Crippen molar-refractivity contribution in [2.24, 2.45) is 0 Å². The number of hydrogen-bond donors (Lipinski definition) is 3. The van der Waals surface area contributed by atoms with E-state index in [1.807, 2.05) is 30.3 Å². The van der Waals surface area contributed by atoms with Crippen LogP contribution in [0.5, 0.6) is 0 Å². The lowest BCUT2D eigenvalue weighted by Crippen LogP contribution is -2.49. The van der Waals surface area contributed by atoms with Crippen LogP contribution in [0.3, 0.4) is 0 Å². The summed E-state index contributed by atoms with van der Waals surface area (Å²) in [6, 6.07) is 8.92. The zero-order chi connectivity index (χ0) is 13.8. The average molecular weight is 280 g/mol. The van der Waals surface area contributed by atoms with Gasteiger partial charge in [-0.3, -0.25) is 0 Å². The fourth-order valence-electron chi connectivity index (χ4n) is 2.18. The second-order valence-electron chi connectivity index (χ2n) is 4.46. The lowest BCUT2D eigenvalue weighted by molar-refractivity contribution is -0.142. The average Bonchev–Trinajstić information content (AvgIpc) is 2.79. The number of likely N-dealkylation sites (tertiary alicyclic amines) is 1. The Bertz CT molecular complexity index is 466. The zero-order valence-corrected chi connectivity index (χ0v) is 11.1. The van der Waals surface area contributed by atoms with Crippen LogP contribution in [0.2, 0.25) is 0 Å². The van der Waals surface area contributed by atoms with Gasteiger partial charge in [0.2, 0.25) is 0 Å². The molecular formula is C13H16N2O3S. The maximum Gasteiger partial charge on any atom is 0.326 e. The van der Waals surface area contributed by atoms with Crippen LogP contribution >= 0.6 is 12.2 Å². The number of benzene rings is 1. The minimum Gasteiger partial charge on any atom is -0.480 e. The van der Waals surface area contributed by atoms with Gasteiger partial charge >= 0.3 is 5.97 Å². The maximum atomic E-state index is 11.1. The molecule has 1 fully saturated rings. The summed E-state index contributed by atoms with van der Waals surface area (Å²) >= 11 is 5.18. The van der Waals surface area contributed by atoms with Crippen molar-refractivity contribution in [1.29, 1.82) is 0 Å². The summed E-state index contributed by atoms with van der Waals surface area (Å²) in [5, 5.41) is 22.2. The van der Waals surface area contributed by atoms with Crippen molar-refractivity contribution in [2.45, 2.75) is 31.7 Å². The fourth-order valence-corrected chi connectivity index (χ4v) is 2.50. The van der Waals surface area contributed by atoms with Crippen molar-refractivity contribution in [2.75, 3.05) is 0 Å². The molecule has 2 atom stereocenters. The van der Waals surface area contributed by atoms with Gasteiger partial charge in [-0.25, -0.2) is 4.79 Å². The van der Waals surface area contributed by atoms with Gasteiger partial charge in [0, 0.05) is 6.54 Å². The Morgan fingerprint density at radius 3 is 2.68 bits per heavy atom. The molecule has 0 amide bonds. The van der Waals surface area contributed by atoms with Gasteiger partial charge in [-0.15, -0.1) is 0 Å². The number of carbonyl (C=O) groups is 1. The molecule has 1 aromatic carbocycles. The Hall–Kier alpha value is -1.66. The van der Waals surface area contributed by atoms with E-state index in [4.69, 9.17) is 17.3 Å². The molecule has 0 aromatic heterocycles. The van der Waals surface area contributed by atoms with Crippen molar-refractivity contribution in [3.05, 3.63) is 35.9 Å². The molecule has 2 unspecified atom stereocenters. The molecule has 0 saturated carbocycles. The van der Waals surface area contributed by atoms with Crippen molar-refractivity contribution in [1.82, 2.24) is 10.2 Å². The Kier molecular flexibility index (Phi) is 4.34. The second kappa shape index (κ2) is 5.99. The van der Waals surface area contributed by atoms with Gasteiger partial charge in [-0.1, -0.05) is 30.3 Å². The number of rotatable bonds is 3. The number of thiocarbonyl (C=S) groups is 1. The third-order valence-electron chi connectivity index (χ3n) is 3.16. The van der Waals surface area contributed by atoms with Crippen LogP contribution in [-0.4, -0.2) is 38.5 Å². The smallest absolute Gasteiger partial charge is 0.326 e. The number of carboxylic acids is 1. The van der Waals surface area contributed by atoms with Crippen molar-refractivity contribution in [3.63, 3.8) is 0 Å². The van der Waals surface area contributed by atoms with Gasteiger partial charge in [-0.05, 0) is 30.6 Å². The van der Waals surface area contributed by atoms with E-state index >= 15 is 0 Å². The zero-order valence-electron chi connectivity index (χ0n) is 10.3. The van der Waals surface area contributed by atoms with Crippen LogP contribution in [0.25, 0.3) is 0 Å². The standard InChI is InChI=1S/C13H16N2O3S/c16-11-7-6-10(12(17)18)15(11)13(19)14-8-9-4-2-1-3-5-9/h1-5,10-11,16H,6-8H2,(H,14,19)(H,17,18). The first-order valence-electron chi connectivity index (χ1n) is 6.10. The molecular weight excluding hydrogens is 264 g/mol. The van der Waals surface area contributed by atoms with Crippen LogP contribution < -0.4 is 5.32 Å². The van der Waals surface area contributed by atoms with Gasteiger partial charge in [0.25, 0.3) is 0 Å². The molecule has 5 nitrogen and oxygen atoms in total. The van der Waals surface area contributed by atoms with Crippen LogP contribution in [0.4, 0.5) is 0 Å². The number of nitrogens with one attached hydrogen (secondary N) is 1. The normalized spacial score (nSPS) is 22.3. The molecule has 2 rings (SSSR count). The van der Waals surface area contributed by atoms with E-state index in [2.05, 4.69) is 5.32 Å². The third kappa shape index (κ3) is 3.21. The molecule has 0 radical (unpaired) electrons. The summed E-state index contributed by atoms with van der Waals surface area (Å²) in [5.74, 6) is -0.958. The van der Waals surface area contributed by atoms with Crippen LogP contribution in [0.1, 0.15) is 18.4 Å². The van der Waals surface area contributed by atoms with Gasteiger partial charge in [0.1, 0.15) is 12.3 Å². The highest BCUT2D eigenvalue weighted by molar-refractivity contribution is 7.80. The second-order valence-corrected chi connectivity index (χ2v) is 4.85. The minimum atomic E-state index is -0.958. The highest BCUT2D eigenvalue weighted by Crippen LogP contribution is 2.22. The molecule has 102 valence electrons. The van der Waals surface area contributed by atoms with E-state index in [1.54, 1.807) is 0 Å². The SMILES string of the molecule is O=C(O)C1CCC(O)N1C(=S)NCc1ccccc1. The molecule has 0 bridgehead atoms. The monoisotopic (exact) mass is 280 g/mol. The predicted octanol–water partition coefficient (Wildman–Crippen LogP) is 0.928. The van der Waals surface area contributed by atoms with Gasteiger partial charge in [-0.2, -0.15) is 0 Å². The minimum absolute atomic E-state index is 0.279. The first-order chi connectivity index (χ1) is 9.09. The Morgan fingerprint density at radius 1 is 1.37 bits per heavy atom. The van der Waals surface area contributed by atoms with Gasteiger partial charge in [0.15, 0.2) is 5.11 Å². The van der Waals surface area contributed by atoms with Crippen molar-refractivity contribution >= 4 is 23.3 Å². The quantitative estimate of drug-likeness (QED) is 0.715. The van der Waals surface area contributed by atoms with Crippen molar-refractivity contribution < 1.29 is 15.0 Å². The first kappa shape index (κ1) is 13.8. The molecule has 1 saturated heterocycles. The van der Waals surface area contributed by atoms with E-state index in [9.17, 15) is 9.90 Å². The van der Waals surface area contributed by atoms with E-state index < -0.39 is 18.2 Å². The fraction of sp³-hybridized carbons (Fsp3) is 0.385. The summed E-state index contributed by atoms with van der Waals surface area (Å²) in [7, 11) is 0. The van der Waals surface area contributed by atoms with Crippen LogP contribution in [0.15, 0.2) is 30.3 Å². The van der Waals surface area contributed by atoms with E-state index in [0.717, 1.165) is 5.56 Å². The largest absolute Gasteiger partial charge is 0.480 e. The number of aliphatic hydroxyl groups is 1. The van der Waals surface area contributed by atoms with E-state index in [1.165, 1.54) is 4.90 Å². The molecule has 3 N–H and O–H groups in total. The molecule has 1 heterocycles. The Morgan fingerprint density at radius 2 is 2.05 bits per heavy atom. The maximum absolute atomic E-state index is 11.1. The number of nitrogens with zero attached hydrogens (tertiary/aromatic N) is 1. The first-order valence-corrected chi connectivity index (χ1v) is 6.51. The molecule has 1 aliphatic heterocycles. The van der Waals surface area contributed by atoms with Crippen molar-refractivity contribution in [3.8, 4) is 0 Å². The lowest BCUT2D eigenvalue weighted by Gasteiger charge is -2.27. The van der Waals surface area contributed by atoms with E-state index in [-0.39, 0.29) is 5.11 Å². The summed E-state index contributed by atoms with van der Waals surface area (Å²) in [4.78, 5) is 12.5. The summed E-state index contributed by atoms with van der Waals surface area (Å²) in [6.45, 7) is 0.509. The summed E-state index contributed by atoms with van der Waals surface area (Å²) in [6.07, 6.45) is 0.00482. The van der Waals surface area contributed by atoms with Gasteiger partial charge < -0.3 is 20.4 Å². The number of carboxylic acid groups (broad SMARTS) is 1. The Balaban J connectivity index is 1.97. The molecule has 1 aromatic rings. The predicted molar refractivity (Wildman–Crippen MR) is 74.4 cm³/mol. The van der Waals surface area contributed by atoms with Crippen LogP contribution in [-0.2, 0) is 11.3 Å². The Labute approximate surface area is 116 Å². The molecule has 19 heavy (non-hydrogen) atoms. The summed E-state index contributed by atoms with van der Waals surface area (Å²) < 4.78 is 0. The molecule has 0 spiro atoms. The highest BCUT2D eigenvalue weighted by atomic mass is 32.1.